The van der Waals surface area contributed by atoms with Crippen molar-refractivity contribution in [1.82, 2.24) is 0 Å². The molecule has 1 rings (SSSR count). The zero-order chi connectivity index (χ0) is 12.9. The molecule has 96 valence electrons. The molecule has 1 aliphatic heterocycles. The molecule has 0 bridgehead atoms. The minimum Gasteiger partial charge on any atom is -0.358 e. The van der Waals surface area contributed by atoms with Crippen LogP contribution in [0.4, 0.5) is 0 Å². The van der Waals surface area contributed by atoms with E-state index in [1.807, 2.05) is 6.92 Å². The van der Waals surface area contributed by atoms with Crippen molar-refractivity contribution in [2.24, 2.45) is 0 Å². The summed E-state index contributed by atoms with van der Waals surface area (Å²) in [5.41, 5.74) is 2.62. The second kappa shape index (κ2) is 6.15. The molecule has 1 aliphatic rings. The molecule has 2 atom stereocenters. The molecule has 17 heavy (non-hydrogen) atoms. The molecule has 0 aliphatic carbocycles. The second-order valence-electron chi connectivity index (χ2n) is 5.40. The average molecular weight is 236 g/mol. The lowest BCUT2D eigenvalue weighted by Crippen LogP contribution is -2.09. The minimum atomic E-state index is -0.182. The maximum absolute atomic E-state index is 10.5. The number of hydrogen-bond acceptors (Lipinski definition) is 2. The summed E-state index contributed by atoms with van der Waals surface area (Å²) in [4.78, 5) is 10.5. The fraction of sp³-hybridized carbons (Fsp3) is 0.667. The second-order valence-corrected chi connectivity index (χ2v) is 5.40. The molecule has 0 amide bonds. The Morgan fingerprint density at radius 1 is 1.24 bits per heavy atom. The van der Waals surface area contributed by atoms with Crippen molar-refractivity contribution < 1.29 is 9.53 Å². The maximum Gasteiger partial charge on any atom is 0.151 e. The Morgan fingerprint density at radius 2 is 1.94 bits per heavy atom. The quantitative estimate of drug-likeness (QED) is 0.382. The topological polar surface area (TPSA) is 29.6 Å². The Kier molecular flexibility index (Phi) is 5.13. The van der Waals surface area contributed by atoms with E-state index in [9.17, 15) is 4.79 Å². The first-order valence-electron chi connectivity index (χ1n) is 6.40. The highest BCUT2D eigenvalue weighted by Gasteiger charge is 2.51. The summed E-state index contributed by atoms with van der Waals surface area (Å²) in [6.07, 6.45) is 9.47. The van der Waals surface area contributed by atoms with Gasteiger partial charge in [-0.1, -0.05) is 23.3 Å². The number of rotatable bonds is 7. The first-order valence-corrected chi connectivity index (χ1v) is 6.40. The van der Waals surface area contributed by atoms with E-state index in [1.165, 1.54) is 11.1 Å². The van der Waals surface area contributed by atoms with E-state index >= 15 is 0 Å². The smallest absolute Gasteiger partial charge is 0.151 e. The molecule has 0 N–H and O–H groups in total. The lowest BCUT2D eigenvalue weighted by Gasteiger charge is -2.03. The van der Waals surface area contributed by atoms with Crippen molar-refractivity contribution in [3.05, 3.63) is 23.3 Å². The fourth-order valence-electron chi connectivity index (χ4n) is 1.92. The summed E-state index contributed by atoms with van der Waals surface area (Å²) in [6.45, 7) is 8.44. The van der Waals surface area contributed by atoms with Crippen molar-refractivity contribution in [3.8, 4) is 0 Å². The van der Waals surface area contributed by atoms with Crippen LogP contribution in [0.2, 0.25) is 0 Å². The van der Waals surface area contributed by atoms with E-state index in [0.717, 1.165) is 32.0 Å². The largest absolute Gasteiger partial charge is 0.358 e. The van der Waals surface area contributed by atoms with Gasteiger partial charge in [0.05, 0.1) is 5.60 Å². The van der Waals surface area contributed by atoms with Crippen molar-refractivity contribution in [2.75, 3.05) is 0 Å². The van der Waals surface area contributed by atoms with Gasteiger partial charge in [0.2, 0.25) is 0 Å². The number of hydrogen-bond donors (Lipinski definition) is 0. The van der Waals surface area contributed by atoms with Gasteiger partial charge in [0.15, 0.2) is 6.29 Å². The Morgan fingerprint density at radius 3 is 2.47 bits per heavy atom. The normalized spacial score (nSPS) is 27.8. The Bertz CT molecular complexity index is 324. The van der Waals surface area contributed by atoms with E-state index < -0.39 is 0 Å². The third-order valence-corrected chi connectivity index (χ3v) is 3.29. The number of carbonyl (C=O) groups excluding carboxylic acids is 1. The Labute approximate surface area is 105 Å². The van der Waals surface area contributed by atoms with Gasteiger partial charge in [-0.2, -0.15) is 0 Å². The van der Waals surface area contributed by atoms with Crippen LogP contribution < -0.4 is 0 Å². The highest BCUT2D eigenvalue weighted by atomic mass is 16.6. The van der Waals surface area contributed by atoms with Crippen LogP contribution in [0.15, 0.2) is 23.3 Å². The van der Waals surface area contributed by atoms with E-state index in [1.54, 1.807) is 0 Å². The number of epoxide rings is 1. The predicted octanol–water partition coefficient (Wildman–Crippen LogP) is 3.82. The molecular weight excluding hydrogens is 212 g/mol. The molecule has 1 heterocycles. The molecule has 0 radical (unpaired) electrons. The van der Waals surface area contributed by atoms with Crippen LogP contribution in [0.3, 0.4) is 0 Å². The lowest BCUT2D eigenvalue weighted by molar-refractivity contribution is -0.108. The molecule has 2 nitrogen and oxygen atoms in total. The molecule has 0 aromatic heterocycles. The van der Waals surface area contributed by atoms with Gasteiger partial charge < -0.3 is 9.53 Å². The van der Waals surface area contributed by atoms with Crippen molar-refractivity contribution in [3.63, 3.8) is 0 Å². The van der Waals surface area contributed by atoms with Crippen molar-refractivity contribution in [1.29, 1.82) is 0 Å². The molecule has 0 aromatic carbocycles. The monoisotopic (exact) mass is 236 g/mol. The number of aldehydes is 1. The summed E-state index contributed by atoms with van der Waals surface area (Å²) in [5, 5.41) is 0. The van der Waals surface area contributed by atoms with E-state index in [-0.39, 0.29) is 11.7 Å². The van der Waals surface area contributed by atoms with Crippen LogP contribution in [0.25, 0.3) is 0 Å². The van der Waals surface area contributed by atoms with E-state index in [0.29, 0.717) is 0 Å². The molecule has 0 aromatic rings. The molecule has 1 fully saturated rings. The number of ether oxygens (including phenoxy) is 1. The molecule has 1 saturated heterocycles. The third-order valence-electron chi connectivity index (χ3n) is 3.29. The predicted molar refractivity (Wildman–Crippen MR) is 71.0 cm³/mol. The number of allylic oxidation sites excluding steroid dienone is 4. The molecule has 0 saturated carbocycles. The molecular formula is C15H24O2. The first kappa shape index (κ1) is 14.2. The summed E-state index contributed by atoms with van der Waals surface area (Å²) in [7, 11) is 0. The number of carbonyl (C=O) groups is 1. The Hall–Kier alpha value is -0.890. The zero-order valence-electron chi connectivity index (χ0n) is 11.5. The summed E-state index contributed by atoms with van der Waals surface area (Å²) < 4.78 is 5.34. The van der Waals surface area contributed by atoms with Gasteiger partial charge in [-0.3, -0.25) is 0 Å². The van der Waals surface area contributed by atoms with Gasteiger partial charge in [0.25, 0.3) is 0 Å². The van der Waals surface area contributed by atoms with E-state index in [4.69, 9.17) is 4.74 Å². The van der Waals surface area contributed by atoms with Gasteiger partial charge in [-0.05, 0) is 53.4 Å². The Balaban J connectivity index is 2.20. The summed E-state index contributed by atoms with van der Waals surface area (Å²) >= 11 is 0. The van der Waals surface area contributed by atoms with Crippen LogP contribution in [0.1, 0.15) is 53.4 Å². The van der Waals surface area contributed by atoms with Gasteiger partial charge in [0.1, 0.15) is 6.10 Å². The van der Waals surface area contributed by atoms with Crippen LogP contribution in [-0.4, -0.2) is 18.0 Å². The average Bonchev–Trinajstić information content (AvgIpc) is 2.89. The summed E-state index contributed by atoms with van der Waals surface area (Å²) in [5.74, 6) is 0. The highest BCUT2D eigenvalue weighted by Crippen LogP contribution is 2.38. The third kappa shape index (κ3) is 4.86. The van der Waals surface area contributed by atoms with Crippen LogP contribution in [0, 0.1) is 0 Å². The SMILES string of the molecule is CC(C)=CCCC(C)=CCCC1(C)OC1C=O. The standard InChI is InChI=1S/C15H24O2/c1-12(2)7-5-8-13(3)9-6-10-15(4)14(11-16)17-15/h7,9,11,14H,5-6,8,10H2,1-4H3. The summed E-state index contributed by atoms with van der Waals surface area (Å²) in [6, 6.07) is 0. The van der Waals surface area contributed by atoms with Crippen LogP contribution in [-0.2, 0) is 9.53 Å². The maximum atomic E-state index is 10.5. The molecule has 0 spiro atoms. The highest BCUT2D eigenvalue weighted by molar-refractivity contribution is 5.62. The minimum absolute atomic E-state index is 0.165. The van der Waals surface area contributed by atoms with E-state index in [2.05, 4.69) is 32.9 Å². The van der Waals surface area contributed by atoms with Crippen LogP contribution in [0.5, 0.6) is 0 Å². The van der Waals surface area contributed by atoms with Gasteiger partial charge in [-0.15, -0.1) is 0 Å². The van der Waals surface area contributed by atoms with Crippen molar-refractivity contribution in [2.45, 2.75) is 65.1 Å². The fourth-order valence-corrected chi connectivity index (χ4v) is 1.92. The first-order chi connectivity index (χ1) is 7.98. The molecule has 2 heteroatoms. The lowest BCUT2D eigenvalue weighted by atomic mass is 10.0. The van der Waals surface area contributed by atoms with Crippen molar-refractivity contribution >= 4 is 6.29 Å². The van der Waals surface area contributed by atoms with Gasteiger partial charge in [-0.25, -0.2) is 0 Å². The van der Waals surface area contributed by atoms with Crippen LogP contribution >= 0.6 is 0 Å². The zero-order valence-corrected chi connectivity index (χ0v) is 11.5. The van der Waals surface area contributed by atoms with Gasteiger partial charge >= 0.3 is 0 Å². The van der Waals surface area contributed by atoms with Gasteiger partial charge in [0, 0.05) is 0 Å². The molecule has 2 unspecified atom stereocenters.